The molecule has 0 radical (unpaired) electrons. The van der Waals surface area contributed by atoms with Crippen molar-refractivity contribution in [2.24, 2.45) is 12.8 Å². The number of aromatic nitrogens is 2. The van der Waals surface area contributed by atoms with E-state index in [9.17, 15) is 8.78 Å². The lowest BCUT2D eigenvalue weighted by Gasteiger charge is -2.16. The number of methoxy groups -OCH3 is 1. The third kappa shape index (κ3) is 3.39. The van der Waals surface area contributed by atoms with Gasteiger partial charge in [0.1, 0.15) is 17.4 Å². The van der Waals surface area contributed by atoms with Crippen molar-refractivity contribution in [1.29, 1.82) is 0 Å². The number of ether oxygens (including phenoxy) is 1. The van der Waals surface area contributed by atoms with Crippen LogP contribution in [0.4, 0.5) is 8.78 Å². The van der Waals surface area contributed by atoms with E-state index in [1.807, 2.05) is 30.3 Å². The maximum absolute atomic E-state index is 14.2. The highest BCUT2D eigenvalue weighted by Gasteiger charge is 2.22. The fourth-order valence-electron chi connectivity index (χ4n) is 2.90. The zero-order valence-corrected chi connectivity index (χ0v) is 14.0. The van der Waals surface area contributed by atoms with Gasteiger partial charge in [0, 0.05) is 36.3 Å². The van der Waals surface area contributed by atoms with Crippen LogP contribution in [0.5, 0.6) is 5.75 Å². The summed E-state index contributed by atoms with van der Waals surface area (Å²) >= 11 is 0. The molecule has 1 aromatic heterocycles. The maximum Gasteiger partial charge on any atom is 0.127 e. The van der Waals surface area contributed by atoms with Crippen molar-refractivity contribution < 1.29 is 13.5 Å². The molecule has 3 rings (SSSR count). The molecular formula is C19H19F2N3O. The smallest absolute Gasteiger partial charge is 0.127 e. The van der Waals surface area contributed by atoms with E-state index in [1.165, 1.54) is 6.07 Å². The van der Waals surface area contributed by atoms with Gasteiger partial charge in [0.05, 0.1) is 12.8 Å². The molecule has 2 aromatic carbocycles. The van der Waals surface area contributed by atoms with Gasteiger partial charge in [-0.3, -0.25) is 4.68 Å². The zero-order chi connectivity index (χ0) is 18.0. The van der Waals surface area contributed by atoms with Crippen molar-refractivity contribution in [3.8, 4) is 17.0 Å². The lowest BCUT2D eigenvalue weighted by Crippen LogP contribution is -2.18. The second kappa shape index (κ2) is 7.03. The molecule has 1 atom stereocenters. The first-order chi connectivity index (χ1) is 12.0. The molecule has 0 aliphatic carbocycles. The molecule has 2 N–H and O–H groups in total. The number of benzene rings is 2. The fourth-order valence-corrected chi connectivity index (χ4v) is 2.90. The van der Waals surface area contributed by atoms with Crippen molar-refractivity contribution >= 4 is 0 Å². The highest BCUT2D eigenvalue weighted by atomic mass is 19.1. The Kier molecular flexibility index (Phi) is 4.81. The number of nitrogens with two attached hydrogens (primary N) is 1. The molecule has 6 heteroatoms. The van der Waals surface area contributed by atoms with Gasteiger partial charge in [-0.2, -0.15) is 5.10 Å². The van der Waals surface area contributed by atoms with Gasteiger partial charge in [-0.1, -0.05) is 0 Å². The van der Waals surface area contributed by atoms with Crippen LogP contribution in [-0.2, 0) is 7.05 Å². The second-order valence-electron chi connectivity index (χ2n) is 5.76. The first-order valence-electron chi connectivity index (χ1n) is 7.87. The third-order valence-electron chi connectivity index (χ3n) is 4.23. The summed E-state index contributed by atoms with van der Waals surface area (Å²) in [6.07, 6.45) is 0. The summed E-state index contributed by atoms with van der Waals surface area (Å²) in [5.41, 5.74) is 8.45. The first kappa shape index (κ1) is 17.1. The summed E-state index contributed by atoms with van der Waals surface area (Å²) in [7, 11) is 3.37. The molecule has 3 aromatic rings. The Balaban J connectivity index is 2.01. The van der Waals surface area contributed by atoms with E-state index >= 15 is 0 Å². The summed E-state index contributed by atoms with van der Waals surface area (Å²) in [5, 5.41) is 4.49. The summed E-state index contributed by atoms with van der Waals surface area (Å²) in [4.78, 5) is 0. The molecule has 0 bridgehead atoms. The first-order valence-corrected chi connectivity index (χ1v) is 7.87. The van der Waals surface area contributed by atoms with Gasteiger partial charge < -0.3 is 10.5 Å². The minimum absolute atomic E-state index is 0.141. The number of hydrogen-bond donors (Lipinski definition) is 1. The van der Waals surface area contributed by atoms with Crippen LogP contribution < -0.4 is 10.5 Å². The topological polar surface area (TPSA) is 53.1 Å². The molecule has 25 heavy (non-hydrogen) atoms. The van der Waals surface area contributed by atoms with Gasteiger partial charge in [0.15, 0.2) is 0 Å². The number of hydrogen-bond acceptors (Lipinski definition) is 3. The van der Waals surface area contributed by atoms with Gasteiger partial charge in [0.2, 0.25) is 0 Å². The average molecular weight is 343 g/mol. The molecule has 1 unspecified atom stereocenters. The van der Waals surface area contributed by atoms with Crippen molar-refractivity contribution in [3.05, 3.63) is 71.4 Å². The Morgan fingerprint density at radius 2 is 1.84 bits per heavy atom. The molecule has 0 fully saturated rings. The molecule has 0 spiro atoms. The van der Waals surface area contributed by atoms with Crippen LogP contribution in [0.3, 0.4) is 0 Å². The standard InChI is InChI=1S/C19H19F2N3O/c1-24-19(16(11-22)15-9-13(20)5-8-17(15)21)10-18(23-24)12-3-6-14(25-2)7-4-12/h3-10,16H,11,22H2,1-2H3. The monoisotopic (exact) mass is 343 g/mol. The predicted molar refractivity (Wildman–Crippen MR) is 92.5 cm³/mol. The van der Waals surface area contributed by atoms with Gasteiger partial charge >= 0.3 is 0 Å². The Bertz CT molecular complexity index is 875. The minimum atomic E-state index is -0.493. The quantitative estimate of drug-likeness (QED) is 0.772. The Morgan fingerprint density at radius 3 is 2.48 bits per heavy atom. The number of aryl methyl sites for hydroxylation is 1. The molecule has 0 saturated carbocycles. The zero-order valence-electron chi connectivity index (χ0n) is 14.0. The van der Waals surface area contributed by atoms with Crippen molar-refractivity contribution in [1.82, 2.24) is 9.78 Å². The van der Waals surface area contributed by atoms with Gasteiger partial charge in [-0.25, -0.2) is 8.78 Å². The lowest BCUT2D eigenvalue weighted by atomic mass is 9.94. The van der Waals surface area contributed by atoms with Crippen LogP contribution in [0.2, 0.25) is 0 Å². The summed E-state index contributed by atoms with van der Waals surface area (Å²) < 4.78 is 34.5. The average Bonchev–Trinajstić information content (AvgIpc) is 3.00. The molecule has 0 aliphatic rings. The molecule has 1 heterocycles. The minimum Gasteiger partial charge on any atom is -0.497 e. The number of rotatable bonds is 5. The van der Waals surface area contributed by atoms with Crippen molar-refractivity contribution in [2.75, 3.05) is 13.7 Å². The van der Waals surface area contributed by atoms with Crippen molar-refractivity contribution in [3.63, 3.8) is 0 Å². The molecule has 4 nitrogen and oxygen atoms in total. The van der Waals surface area contributed by atoms with E-state index in [1.54, 1.807) is 18.8 Å². The second-order valence-corrected chi connectivity index (χ2v) is 5.76. The normalized spacial score (nSPS) is 12.2. The summed E-state index contributed by atoms with van der Waals surface area (Å²) in [5.74, 6) is -0.710. The van der Waals surface area contributed by atoms with Gasteiger partial charge in [0.25, 0.3) is 0 Å². The molecule has 130 valence electrons. The van der Waals surface area contributed by atoms with Crippen LogP contribution in [0.1, 0.15) is 17.2 Å². The number of halogens is 2. The third-order valence-corrected chi connectivity index (χ3v) is 4.23. The molecule has 0 aliphatic heterocycles. The lowest BCUT2D eigenvalue weighted by molar-refractivity contribution is 0.415. The van der Waals surface area contributed by atoms with E-state index in [4.69, 9.17) is 10.5 Å². The molecule has 0 saturated heterocycles. The van der Waals surface area contributed by atoms with Crippen LogP contribution >= 0.6 is 0 Å². The van der Waals surface area contributed by atoms with Crippen LogP contribution in [0.15, 0.2) is 48.5 Å². The Labute approximate surface area is 144 Å². The highest BCUT2D eigenvalue weighted by molar-refractivity contribution is 5.61. The van der Waals surface area contributed by atoms with Crippen LogP contribution in [0, 0.1) is 11.6 Å². The van der Waals surface area contributed by atoms with E-state index < -0.39 is 17.6 Å². The van der Waals surface area contributed by atoms with Crippen molar-refractivity contribution in [2.45, 2.75) is 5.92 Å². The van der Waals surface area contributed by atoms with Crippen LogP contribution in [0.25, 0.3) is 11.3 Å². The summed E-state index contributed by atoms with van der Waals surface area (Å²) in [6, 6.07) is 12.7. The van der Waals surface area contributed by atoms with Crippen LogP contribution in [-0.4, -0.2) is 23.4 Å². The van der Waals surface area contributed by atoms with E-state index in [0.717, 1.165) is 34.8 Å². The van der Waals surface area contributed by atoms with E-state index in [-0.39, 0.29) is 12.1 Å². The summed E-state index contributed by atoms with van der Waals surface area (Å²) in [6.45, 7) is 0.141. The molecule has 0 amide bonds. The number of nitrogens with zero attached hydrogens (tertiary/aromatic N) is 2. The highest BCUT2D eigenvalue weighted by Crippen LogP contribution is 2.30. The SMILES string of the molecule is COc1ccc(-c2cc(C(CN)c3cc(F)ccc3F)n(C)n2)cc1. The maximum atomic E-state index is 14.2. The van der Waals surface area contributed by atoms with Gasteiger partial charge in [-0.15, -0.1) is 0 Å². The Hall–Kier alpha value is -2.73. The van der Waals surface area contributed by atoms with Gasteiger partial charge in [-0.05, 0) is 48.5 Å². The largest absolute Gasteiger partial charge is 0.497 e. The van der Waals surface area contributed by atoms with E-state index in [2.05, 4.69) is 5.10 Å². The fraction of sp³-hybridized carbons (Fsp3) is 0.211. The predicted octanol–water partition coefficient (Wildman–Crippen LogP) is 3.46. The Morgan fingerprint density at radius 1 is 1.12 bits per heavy atom. The molecular weight excluding hydrogens is 324 g/mol. The van der Waals surface area contributed by atoms with E-state index in [0.29, 0.717) is 0 Å².